The van der Waals surface area contributed by atoms with Crippen molar-refractivity contribution >= 4 is 11.7 Å². The van der Waals surface area contributed by atoms with E-state index in [4.69, 9.17) is 10.5 Å². The highest BCUT2D eigenvalue weighted by Crippen LogP contribution is 1.82. The number of ketones is 1. The molecule has 0 aromatic carbocycles. The number of ether oxygens (including phenoxy) is 1. The Balaban J connectivity index is 3.35. The highest BCUT2D eigenvalue weighted by Gasteiger charge is 2.04. The van der Waals surface area contributed by atoms with E-state index >= 15 is 0 Å². The molecular weight excluding hydrogens is 134 g/mol. The second kappa shape index (κ2) is 4.93. The first-order valence-corrected chi connectivity index (χ1v) is 3.04. The molecule has 0 aromatic rings. The van der Waals surface area contributed by atoms with Crippen LogP contribution in [0.1, 0.15) is 13.3 Å². The molecule has 2 N–H and O–H groups in total. The van der Waals surface area contributed by atoms with Crippen molar-refractivity contribution in [1.82, 2.24) is 0 Å². The van der Waals surface area contributed by atoms with Crippen molar-refractivity contribution in [2.75, 3.05) is 13.2 Å². The quantitative estimate of drug-likeness (QED) is 0.528. The fraction of sp³-hybridized carbons (Fsp3) is 0.667. The van der Waals surface area contributed by atoms with Crippen molar-refractivity contribution in [3.05, 3.63) is 0 Å². The summed E-state index contributed by atoms with van der Waals surface area (Å²) in [4.78, 5) is 20.7. The van der Waals surface area contributed by atoms with Gasteiger partial charge in [-0.15, -0.1) is 0 Å². The first-order valence-electron chi connectivity index (χ1n) is 3.04. The van der Waals surface area contributed by atoms with E-state index in [0.717, 1.165) is 0 Å². The summed E-state index contributed by atoms with van der Waals surface area (Å²) in [5.74, 6) is -0.876. The Kier molecular flexibility index (Phi) is 4.49. The minimum Gasteiger partial charge on any atom is -0.374 e. The summed E-state index contributed by atoms with van der Waals surface area (Å²) in [6.07, 6.45) is -0.222. The molecule has 0 bridgehead atoms. The van der Waals surface area contributed by atoms with Crippen molar-refractivity contribution in [2.45, 2.75) is 13.3 Å². The lowest BCUT2D eigenvalue weighted by atomic mass is 10.3. The molecule has 1 amide bonds. The SMILES string of the molecule is CCOCC(=O)CC(N)=O. The Bertz CT molecular complexity index is 133. The lowest BCUT2D eigenvalue weighted by molar-refractivity contribution is -0.129. The summed E-state index contributed by atoms with van der Waals surface area (Å²) in [6, 6.07) is 0. The lowest BCUT2D eigenvalue weighted by Gasteiger charge is -1.96. The maximum absolute atomic E-state index is 10.6. The second-order valence-corrected chi connectivity index (χ2v) is 1.82. The van der Waals surface area contributed by atoms with E-state index in [-0.39, 0.29) is 18.8 Å². The minimum atomic E-state index is -0.607. The molecule has 0 aliphatic heterocycles. The number of carbonyl (C=O) groups excluding carboxylic acids is 2. The zero-order valence-corrected chi connectivity index (χ0v) is 5.92. The first-order chi connectivity index (χ1) is 4.66. The van der Waals surface area contributed by atoms with Crippen LogP contribution in [0.4, 0.5) is 0 Å². The number of amides is 1. The van der Waals surface area contributed by atoms with E-state index in [9.17, 15) is 9.59 Å². The minimum absolute atomic E-state index is 0.0144. The fourth-order valence-electron chi connectivity index (χ4n) is 0.461. The standard InChI is InChI=1S/C6H11NO3/c1-2-10-4-5(8)3-6(7)9/h2-4H2,1H3,(H2,7,9). The Morgan fingerprint density at radius 3 is 2.50 bits per heavy atom. The van der Waals surface area contributed by atoms with Crippen LogP contribution in [0, 0.1) is 0 Å². The van der Waals surface area contributed by atoms with Crippen LogP contribution >= 0.6 is 0 Å². The normalized spacial score (nSPS) is 9.30. The van der Waals surface area contributed by atoms with Crippen LogP contribution in [-0.4, -0.2) is 24.9 Å². The highest BCUT2D eigenvalue weighted by atomic mass is 16.5. The summed E-state index contributed by atoms with van der Waals surface area (Å²) in [7, 11) is 0. The number of carbonyl (C=O) groups is 2. The van der Waals surface area contributed by atoms with E-state index in [0.29, 0.717) is 6.61 Å². The Morgan fingerprint density at radius 1 is 1.50 bits per heavy atom. The predicted molar refractivity (Wildman–Crippen MR) is 35.3 cm³/mol. The van der Waals surface area contributed by atoms with Gasteiger partial charge in [0, 0.05) is 6.61 Å². The maximum Gasteiger partial charge on any atom is 0.224 e. The predicted octanol–water partition coefficient (Wildman–Crippen LogP) is -0.533. The molecule has 10 heavy (non-hydrogen) atoms. The van der Waals surface area contributed by atoms with Crippen LogP contribution in [0.2, 0.25) is 0 Å². The maximum atomic E-state index is 10.6. The van der Waals surface area contributed by atoms with Gasteiger partial charge in [-0.2, -0.15) is 0 Å². The molecule has 0 saturated carbocycles. The summed E-state index contributed by atoms with van der Waals surface area (Å²) in [6.45, 7) is 2.24. The molecular formula is C6H11NO3. The molecule has 0 aliphatic carbocycles. The van der Waals surface area contributed by atoms with Gasteiger partial charge in [0.15, 0.2) is 5.78 Å². The first kappa shape index (κ1) is 9.10. The van der Waals surface area contributed by atoms with Gasteiger partial charge in [-0.3, -0.25) is 9.59 Å². The highest BCUT2D eigenvalue weighted by molar-refractivity contribution is 5.97. The molecule has 0 radical (unpaired) electrons. The third-order valence-corrected chi connectivity index (χ3v) is 0.839. The Morgan fingerprint density at radius 2 is 2.10 bits per heavy atom. The topological polar surface area (TPSA) is 69.4 Å². The van der Waals surface area contributed by atoms with E-state index in [1.54, 1.807) is 6.92 Å². The molecule has 4 nitrogen and oxygen atoms in total. The number of Topliss-reactive ketones (excluding diaryl/α,β-unsaturated/α-hetero) is 1. The Hall–Kier alpha value is -0.900. The van der Waals surface area contributed by atoms with Crippen LogP contribution in [0.15, 0.2) is 0 Å². The molecule has 0 aromatic heterocycles. The van der Waals surface area contributed by atoms with Crippen molar-refractivity contribution in [3.63, 3.8) is 0 Å². The number of rotatable bonds is 5. The van der Waals surface area contributed by atoms with Crippen molar-refractivity contribution in [1.29, 1.82) is 0 Å². The molecule has 0 unspecified atom stereocenters. The van der Waals surface area contributed by atoms with Gasteiger partial charge in [0.05, 0.1) is 6.42 Å². The van der Waals surface area contributed by atoms with Gasteiger partial charge >= 0.3 is 0 Å². The molecule has 0 spiro atoms. The zero-order chi connectivity index (χ0) is 7.98. The van der Waals surface area contributed by atoms with Crippen LogP contribution in [0.3, 0.4) is 0 Å². The summed E-state index contributed by atoms with van der Waals surface area (Å²) < 4.78 is 4.74. The monoisotopic (exact) mass is 145 g/mol. The summed E-state index contributed by atoms with van der Waals surface area (Å²) >= 11 is 0. The van der Waals surface area contributed by atoms with Crippen LogP contribution in [0.5, 0.6) is 0 Å². The lowest BCUT2D eigenvalue weighted by Crippen LogP contribution is -2.19. The van der Waals surface area contributed by atoms with E-state index in [1.165, 1.54) is 0 Å². The molecule has 0 fully saturated rings. The third kappa shape index (κ3) is 5.24. The molecule has 58 valence electrons. The van der Waals surface area contributed by atoms with Gasteiger partial charge in [-0.1, -0.05) is 0 Å². The molecule has 0 heterocycles. The van der Waals surface area contributed by atoms with Crippen LogP contribution < -0.4 is 5.73 Å². The van der Waals surface area contributed by atoms with Crippen molar-refractivity contribution < 1.29 is 14.3 Å². The van der Waals surface area contributed by atoms with E-state index in [2.05, 4.69) is 0 Å². The number of nitrogens with two attached hydrogens (primary N) is 1. The molecule has 0 rings (SSSR count). The van der Waals surface area contributed by atoms with Gasteiger partial charge < -0.3 is 10.5 Å². The Labute approximate surface area is 59.3 Å². The van der Waals surface area contributed by atoms with Gasteiger partial charge in [0.2, 0.25) is 5.91 Å². The number of hydrogen-bond acceptors (Lipinski definition) is 3. The fourth-order valence-corrected chi connectivity index (χ4v) is 0.461. The third-order valence-electron chi connectivity index (χ3n) is 0.839. The smallest absolute Gasteiger partial charge is 0.224 e. The molecule has 0 aliphatic rings. The van der Waals surface area contributed by atoms with Gasteiger partial charge in [-0.05, 0) is 6.92 Å². The zero-order valence-electron chi connectivity index (χ0n) is 5.92. The molecule has 0 saturated heterocycles. The van der Waals surface area contributed by atoms with Crippen molar-refractivity contribution in [3.8, 4) is 0 Å². The van der Waals surface area contributed by atoms with E-state index in [1.807, 2.05) is 0 Å². The second-order valence-electron chi connectivity index (χ2n) is 1.82. The van der Waals surface area contributed by atoms with Crippen LogP contribution in [0.25, 0.3) is 0 Å². The molecule has 4 heteroatoms. The van der Waals surface area contributed by atoms with E-state index < -0.39 is 5.91 Å². The molecule has 0 atom stereocenters. The average Bonchev–Trinajstić information content (AvgIpc) is 1.82. The van der Waals surface area contributed by atoms with Gasteiger partial charge in [-0.25, -0.2) is 0 Å². The summed E-state index contributed by atoms with van der Waals surface area (Å²) in [5, 5.41) is 0. The van der Waals surface area contributed by atoms with Crippen LogP contribution in [-0.2, 0) is 14.3 Å². The number of hydrogen-bond donors (Lipinski definition) is 1. The summed E-state index contributed by atoms with van der Waals surface area (Å²) in [5.41, 5.74) is 4.75. The van der Waals surface area contributed by atoms with Gasteiger partial charge in [0.1, 0.15) is 6.61 Å². The number of primary amides is 1. The van der Waals surface area contributed by atoms with Crippen molar-refractivity contribution in [2.24, 2.45) is 5.73 Å². The van der Waals surface area contributed by atoms with Gasteiger partial charge in [0.25, 0.3) is 0 Å². The largest absolute Gasteiger partial charge is 0.374 e. The average molecular weight is 145 g/mol.